The number of nitro benzene ring substituents is 1. The minimum absolute atomic E-state index is 0.0430. The van der Waals surface area contributed by atoms with Crippen LogP contribution in [0.1, 0.15) is 32.2 Å². The lowest BCUT2D eigenvalue weighted by Crippen LogP contribution is -2.41. The average molecular weight is 383 g/mol. The zero-order valence-corrected chi connectivity index (χ0v) is 15.3. The van der Waals surface area contributed by atoms with Gasteiger partial charge < -0.3 is 0 Å². The second-order valence-corrected chi connectivity index (χ2v) is 6.05. The largest absolute Gasteiger partial charge is 0.287 e. The number of nitrogens with zero attached hydrogens (tertiary/aromatic N) is 4. The highest BCUT2D eigenvalue weighted by Crippen LogP contribution is 2.25. The van der Waals surface area contributed by atoms with E-state index in [9.17, 15) is 19.7 Å². The molecule has 2 heterocycles. The SMILES string of the molecule is Cc1nn(C)c(C)c1-c1cc(C(=O)NNC(=O)c2cccc([N+](=O)[O-])c2)[nH]n1. The maximum absolute atomic E-state index is 12.2. The molecule has 0 fully saturated rings. The van der Waals surface area contributed by atoms with E-state index in [1.807, 2.05) is 20.9 Å². The quantitative estimate of drug-likeness (QED) is 0.458. The Labute approximate surface area is 158 Å². The van der Waals surface area contributed by atoms with E-state index in [0.29, 0.717) is 5.69 Å². The van der Waals surface area contributed by atoms with Gasteiger partial charge in [-0.1, -0.05) is 6.07 Å². The number of non-ortho nitro benzene ring substituents is 1. The summed E-state index contributed by atoms with van der Waals surface area (Å²) in [6, 6.07) is 6.71. The minimum Gasteiger partial charge on any atom is -0.272 e. The monoisotopic (exact) mass is 383 g/mol. The van der Waals surface area contributed by atoms with Crippen LogP contribution in [0.4, 0.5) is 5.69 Å². The lowest BCUT2D eigenvalue weighted by atomic mass is 10.1. The molecule has 0 aliphatic rings. The van der Waals surface area contributed by atoms with E-state index in [0.717, 1.165) is 23.0 Å². The van der Waals surface area contributed by atoms with Gasteiger partial charge in [0.1, 0.15) is 5.69 Å². The Balaban J connectivity index is 1.69. The average Bonchev–Trinajstić information content (AvgIpc) is 3.24. The Bertz CT molecular complexity index is 1080. The van der Waals surface area contributed by atoms with Crippen molar-refractivity contribution in [1.82, 2.24) is 30.8 Å². The number of aromatic nitrogens is 4. The fraction of sp³-hybridized carbons (Fsp3) is 0.176. The summed E-state index contributed by atoms with van der Waals surface area (Å²) in [6.07, 6.45) is 0. The number of benzene rings is 1. The number of nitrogens with one attached hydrogen (secondary N) is 3. The summed E-state index contributed by atoms with van der Waals surface area (Å²) in [5.74, 6) is -1.30. The number of amides is 2. The normalized spacial score (nSPS) is 10.5. The zero-order chi connectivity index (χ0) is 20.4. The third kappa shape index (κ3) is 3.58. The van der Waals surface area contributed by atoms with Crippen LogP contribution in [0.5, 0.6) is 0 Å². The van der Waals surface area contributed by atoms with Gasteiger partial charge in [0.05, 0.1) is 16.3 Å². The van der Waals surface area contributed by atoms with Crippen molar-refractivity contribution >= 4 is 17.5 Å². The molecule has 3 aromatic rings. The molecule has 3 rings (SSSR count). The fourth-order valence-corrected chi connectivity index (χ4v) is 2.72. The molecule has 144 valence electrons. The van der Waals surface area contributed by atoms with Crippen LogP contribution in [-0.4, -0.2) is 36.7 Å². The van der Waals surface area contributed by atoms with Crippen molar-refractivity contribution in [2.75, 3.05) is 0 Å². The molecule has 3 N–H and O–H groups in total. The fourth-order valence-electron chi connectivity index (χ4n) is 2.72. The molecule has 2 aromatic heterocycles. The van der Waals surface area contributed by atoms with Crippen molar-refractivity contribution in [1.29, 1.82) is 0 Å². The van der Waals surface area contributed by atoms with E-state index in [2.05, 4.69) is 26.1 Å². The first kappa shape index (κ1) is 18.8. The van der Waals surface area contributed by atoms with Crippen molar-refractivity contribution < 1.29 is 14.5 Å². The third-order valence-electron chi connectivity index (χ3n) is 4.20. The third-order valence-corrected chi connectivity index (χ3v) is 4.20. The topological polar surface area (TPSA) is 148 Å². The van der Waals surface area contributed by atoms with Gasteiger partial charge >= 0.3 is 0 Å². The van der Waals surface area contributed by atoms with Gasteiger partial charge in [0.25, 0.3) is 17.5 Å². The number of aryl methyl sites for hydroxylation is 2. The summed E-state index contributed by atoms with van der Waals surface area (Å²) in [5, 5.41) is 21.8. The van der Waals surface area contributed by atoms with Gasteiger partial charge in [-0.3, -0.25) is 40.3 Å². The maximum Gasteiger partial charge on any atom is 0.287 e. The van der Waals surface area contributed by atoms with Gasteiger partial charge in [0.2, 0.25) is 0 Å². The van der Waals surface area contributed by atoms with Gasteiger partial charge in [0, 0.05) is 36.0 Å². The first-order chi connectivity index (χ1) is 13.3. The highest BCUT2D eigenvalue weighted by Gasteiger charge is 2.18. The van der Waals surface area contributed by atoms with Crippen LogP contribution >= 0.6 is 0 Å². The molecule has 0 saturated heterocycles. The molecule has 0 spiro atoms. The van der Waals surface area contributed by atoms with Gasteiger partial charge in [-0.2, -0.15) is 10.2 Å². The Morgan fingerprint density at radius 2 is 1.89 bits per heavy atom. The lowest BCUT2D eigenvalue weighted by Gasteiger charge is -2.06. The van der Waals surface area contributed by atoms with Crippen LogP contribution < -0.4 is 10.9 Å². The van der Waals surface area contributed by atoms with Crippen LogP contribution in [0, 0.1) is 24.0 Å². The number of carbonyl (C=O) groups is 2. The molecule has 0 bridgehead atoms. The van der Waals surface area contributed by atoms with E-state index in [1.54, 1.807) is 10.7 Å². The summed E-state index contributed by atoms with van der Waals surface area (Å²) in [5.41, 5.74) is 7.46. The van der Waals surface area contributed by atoms with Gasteiger partial charge in [-0.25, -0.2) is 0 Å². The second-order valence-electron chi connectivity index (χ2n) is 6.05. The molecule has 2 amide bonds. The first-order valence-corrected chi connectivity index (χ1v) is 8.19. The van der Waals surface area contributed by atoms with E-state index in [4.69, 9.17) is 0 Å². The zero-order valence-electron chi connectivity index (χ0n) is 15.3. The molecule has 1 aromatic carbocycles. The molecule has 28 heavy (non-hydrogen) atoms. The van der Waals surface area contributed by atoms with E-state index >= 15 is 0 Å². The highest BCUT2D eigenvalue weighted by atomic mass is 16.6. The molecule has 11 nitrogen and oxygen atoms in total. The minimum atomic E-state index is -0.685. The highest BCUT2D eigenvalue weighted by molar-refractivity contribution is 5.99. The van der Waals surface area contributed by atoms with Gasteiger partial charge in [-0.15, -0.1) is 0 Å². The number of nitro groups is 1. The second kappa shape index (κ2) is 7.31. The summed E-state index contributed by atoms with van der Waals surface area (Å²) in [6.45, 7) is 3.74. The van der Waals surface area contributed by atoms with Crippen molar-refractivity contribution in [3.05, 3.63) is 63.1 Å². The lowest BCUT2D eigenvalue weighted by molar-refractivity contribution is -0.384. The van der Waals surface area contributed by atoms with Crippen LogP contribution in [0.15, 0.2) is 30.3 Å². The predicted octanol–water partition coefficient (Wildman–Crippen LogP) is 1.41. The Kier molecular flexibility index (Phi) is 4.90. The van der Waals surface area contributed by atoms with E-state index in [-0.39, 0.29) is 16.9 Å². The number of carbonyl (C=O) groups excluding carboxylic acids is 2. The van der Waals surface area contributed by atoms with Gasteiger partial charge in [0.15, 0.2) is 0 Å². The molecule has 0 saturated carbocycles. The number of aromatic amines is 1. The Morgan fingerprint density at radius 3 is 2.54 bits per heavy atom. The smallest absolute Gasteiger partial charge is 0.272 e. The number of H-pyrrole nitrogens is 1. The van der Waals surface area contributed by atoms with Crippen LogP contribution in [-0.2, 0) is 7.05 Å². The van der Waals surface area contributed by atoms with Crippen molar-refractivity contribution in [3.8, 4) is 11.3 Å². The molecule has 0 unspecified atom stereocenters. The van der Waals surface area contributed by atoms with E-state index < -0.39 is 16.7 Å². The van der Waals surface area contributed by atoms with Crippen LogP contribution in [0.25, 0.3) is 11.3 Å². The first-order valence-electron chi connectivity index (χ1n) is 8.19. The molecular weight excluding hydrogens is 366 g/mol. The molecular formula is C17H17N7O4. The van der Waals surface area contributed by atoms with Crippen molar-refractivity contribution in [2.45, 2.75) is 13.8 Å². The number of hydrogen-bond acceptors (Lipinski definition) is 6. The van der Waals surface area contributed by atoms with Crippen molar-refractivity contribution in [2.24, 2.45) is 7.05 Å². The summed E-state index contributed by atoms with van der Waals surface area (Å²) < 4.78 is 1.72. The van der Waals surface area contributed by atoms with Crippen LogP contribution in [0.3, 0.4) is 0 Å². The summed E-state index contributed by atoms with van der Waals surface area (Å²) in [4.78, 5) is 34.5. The Hall–Kier alpha value is -4.02. The maximum atomic E-state index is 12.2. The summed E-state index contributed by atoms with van der Waals surface area (Å²) in [7, 11) is 1.82. The molecule has 0 atom stereocenters. The van der Waals surface area contributed by atoms with Crippen molar-refractivity contribution in [3.63, 3.8) is 0 Å². The number of hydrogen-bond donors (Lipinski definition) is 3. The Morgan fingerprint density at radius 1 is 1.18 bits per heavy atom. The number of hydrazine groups is 1. The predicted molar refractivity (Wildman–Crippen MR) is 98.3 cm³/mol. The van der Waals surface area contributed by atoms with Gasteiger partial charge in [-0.05, 0) is 26.0 Å². The van der Waals surface area contributed by atoms with Crippen LogP contribution in [0.2, 0.25) is 0 Å². The molecule has 0 aliphatic carbocycles. The molecule has 11 heteroatoms. The number of rotatable bonds is 4. The van der Waals surface area contributed by atoms with E-state index in [1.165, 1.54) is 18.2 Å². The molecule has 0 aliphatic heterocycles. The standard InChI is InChI=1S/C17H17N7O4/c1-9-15(10(2)23(3)22-9)13-8-14(19-18-13)17(26)21-20-16(25)11-5-4-6-12(7-11)24(27)28/h4-8H,1-3H3,(H,18,19)(H,20,25)(H,21,26). The molecule has 0 radical (unpaired) electrons. The summed E-state index contributed by atoms with van der Waals surface area (Å²) >= 11 is 0.